The summed E-state index contributed by atoms with van der Waals surface area (Å²) >= 11 is 0. The van der Waals surface area contributed by atoms with Crippen LogP contribution in [0.25, 0.3) is 0 Å². The van der Waals surface area contributed by atoms with E-state index in [1.54, 1.807) is 0 Å². The topological polar surface area (TPSA) is 51.0 Å². The third-order valence-corrected chi connectivity index (χ3v) is 4.71. The van der Waals surface area contributed by atoms with Crippen molar-refractivity contribution in [3.63, 3.8) is 0 Å². The molecule has 0 bridgehead atoms. The first-order valence-corrected chi connectivity index (χ1v) is 8.24. The summed E-state index contributed by atoms with van der Waals surface area (Å²) in [6.45, 7) is 8.80. The molecule has 22 heavy (non-hydrogen) atoms. The molecule has 5 nitrogen and oxygen atoms in total. The highest BCUT2D eigenvalue weighted by molar-refractivity contribution is 5.49. The van der Waals surface area contributed by atoms with Gasteiger partial charge in [-0.25, -0.2) is 0 Å². The highest BCUT2D eigenvalue weighted by Gasteiger charge is 2.31. The van der Waals surface area contributed by atoms with Gasteiger partial charge in [-0.15, -0.1) is 0 Å². The number of benzene rings is 1. The molecule has 2 aliphatic heterocycles. The van der Waals surface area contributed by atoms with Crippen LogP contribution in [0.2, 0.25) is 0 Å². The first-order valence-electron chi connectivity index (χ1n) is 8.24. The second kappa shape index (κ2) is 6.86. The van der Waals surface area contributed by atoms with Gasteiger partial charge in [0.2, 0.25) is 0 Å². The van der Waals surface area contributed by atoms with Crippen LogP contribution in [0.3, 0.4) is 0 Å². The van der Waals surface area contributed by atoms with E-state index in [1.807, 2.05) is 19.1 Å². The molecule has 122 valence electrons. The van der Waals surface area contributed by atoms with Crippen LogP contribution in [-0.2, 0) is 0 Å². The summed E-state index contributed by atoms with van der Waals surface area (Å²) < 4.78 is 11.7. The number of nitrogens with two attached hydrogens (primary N) is 1. The average molecular weight is 305 g/mol. The van der Waals surface area contributed by atoms with E-state index < -0.39 is 0 Å². The van der Waals surface area contributed by atoms with E-state index in [9.17, 15) is 0 Å². The van der Waals surface area contributed by atoms with E-state index in [4.69, 9.17) is 15.2 Å². The summed E-state index contributed by atoms with van der Waals surface area (Å²) in [6.07, 6.45) is 0. The van der Waals surface area contributed by atoms with Gasteiger partial charge < -0.3 is 25.0 Å². The molecule has 2 aliphatic rings. The number of para-hydroxylation sites is 1. The van der Waals surface area contributed by atoms with Crippen molar-refractivity contribution in [2.24, 2.45) is 11.7 Å². The van der Waals surface area contributed by atoms with Crippen molar-refractivity contribution in [2.45, 2.75) is 13.0 Å². The third kappa shape index (κ3) is 3.21. The Balaban J connectivity index is 1.69. The molecule has 0 aliphatic carbocycles. The second-order valence-electron chi connectivity index (χ2n) is 6.31. The second-order valence-corrected chi connectivity index (χ2v) is 6.31. The summed E-state index contributed by atoms with van der Waals surface area (Å²) in [5.41, 5.74) is 7.61. The minimum Gasteiger partial charge on any atom is -0.490 e. The predicted molar refractivity (Wildman–Crippen MR) is 87.5 cm³/mol. The minimum absolute atomic E-state index is 0.0174. The van der Waals surface area contributed by atoms with Gasteiger partial charge in [0.1, 0.15) is 0 Å². The highest BCUT2D eigenvalue weighted by Crippen LogP contribution is 2.40. The Labute approximate surface area is 133 Å². The number of hydrogen-bond acceptors (Lipinski definition) is 5. The summed E-state index contributed by atoms with van der Waals surface area (Å²) in [5.74, 6) is 1.99. The zero-order valence-corrected chi connectivity index (χ0v) is 13.6. The van der Waals surface area contributed by atoms with Crippen LogP contribution in [-0.4, -0.2) is 62.8 Å². The molecule has 0 radical (unpaired) electrons. The van der Waals surface area contributed by atoms with Gasteiger partial charge in [-0.1, -0.05) is 12.1 Å². The monoisotopic (exact) mass is 305 g/mol. The molecule has 0 aromatic heterocycles. The van der Waals surface area contributed by atoms with Crippen LogP contribution < -0.4 is 15.2 Å². The van der Waals surface area contributed by atoms with Crippen LogP contribution >= 0.6 is 0 Å². The van der Waals surface area contributed by atoms with Gasteiger partial charge in [0.25, 0.3) is 0 Å². The van der Waals surface area contributed by atoms with Gasteiger partial charge >= 0.3 is 0 Å². The molecule has 5 heteroatoms. The van der Waals surface area contributed by atoms with Crippen molar-refractivity contribution in [1.29, 1.82) is 0 Å². The number of nitrogens with zero attached hydrogens (tertiary/aromatic N) is 2. The van der Waals surface area contributed by atoms with Gasteiger partial charge in [-0.05, 0) is 20.0 Å². The number of fused-ring (bicyclic) bond motifs is 1. The van der Waals surface area contributed by atoms with Gasteiger partial charge in [-0.3, -0.25) is 0 Å². The molecule has 3 rings (SSSR count). The largest absolute Gasteiger partial charge is 0.490 e. The fourth-order valence-electron chi connectivity index (χ4n) is 3.30. The summed E-state index contributed by atoms with van der Waals surface area (Å²) in [5, 5.41) is 0. The Morgan fingerprint density at radius 3 is 2.77 bits per heavy atom. The van der Waals surface area contributed by atoms with Crippen LogP contribution in [0.4, 0.5) is 0 Å². The number of hydrogen-bond donors (Lipinski definition) is 1. The zero-order chi connectivity index (χ0) is 15.5. The van der Waals surface area contributed by atoms with Crippen molar-refractivity contribution in [1.82, 2.24) is 9.80 Å². The maximum atomic E-state index is 6.53. The van der Waals surface area contributed by atoms with Crippen LogP contribution in [0.15, 0.2) is 18.2 Å². The molecule has 1 fully saturated rings. The highest BCUT2D eigenvalue weighted by atomic mass is 16.5. The lowest BCUT2D eigenvalue weighted by atomic mass is 9.90. The van der Waals surface area contributed by atoms with Crippen molar-refractivity contribution < 1.29 is 9.47 Å². The minimum atomic E-state index is 0.0174. The lowest BCUT2D eigenvalue weighted by Gasteiger charge is -2.38. The quantitative estimate of drug-likeness (QED) is 0.910. The lowest BCUT2D eigenvalue weighted by Crippen LogP contribution is -2.48. The molecular formula is C17H27N3O2. The normalized spacial score (nSPS) is 26.3. The predicted octanol–water partition coefficient (Wildman–Crippen LogP) is 1.34. The fourth-order valence-corrected chi connectivity index (χ4v) is 3.30. The molecule has 0 saturated carbocycles. The summed E-state index contributed by atoms with van der Waals surface area (Å²) in [6, 6.07) is 6.04. The number of likely N-dealkylation sites (N-methyl/N-ethyl adjacent to an activating group) is 1. The third-order valence-electron chi connectivity index (χ3n) is 4.71. The Bertz CT molecular complexity index is 501. The van der Waals surface area contributed by atoms with Crippen LogP contribution in [0.1, 0.15) is 18.5 Å². The van der Waals surface area contributed by atoms with Crippen molar-refractivity contribution >= 4 is 0 Å². The van der Waals surface area contributed by atoms with E-state index in [2.05, 4.69) is 22.9 Å². The molecule has 0 amide bonds. The summed E-state index contributed by atoms with van der Waals surface area (Å²) in [7, 11) is 2.18. The van der Waals surface area contributed by atoms with E-state index in [1.165, 1.54) is 0 Å². The molecule has 1 saturated heterocycles. The zero-order valence-electron chi connectivity index (χ0n) is 13.6. The molecule has 2 unspecified atom stereocenters. The number of ether oxygens (including phenoxy) is 2. The van der Waals surface area contributed by atoms with E-state index >= 15 is 0 Å². The van der Waals surface area contributed by atoms with Gasteiger partial charge in [0.15, 0.2) is 11.5 Å². The molecule has 1 aromatic carbocycles. The Kier molecular flexibility index (Phi) is 4.86. The average Bonchev–Trinajstić information content (AvgIpc) is 2.53. The Morgan fingerprint density at radius 1 is 1.27 bits per heavy atom. The van der Waals surface area contributed by atoms with Gasteiger partial charge in [0.05, 0.1) is 13.2 Å². The van der Waals surface area contributed by atoms with E-state index in [0.717, 1.165) is 49.8 Å². The van der Waals surface area contributed by atoms with E-state index in [0.29, 0.717) is 19.1 Å². The van der Waals surface area contributed by atoms with Gasteiger partial charge in [-0.2, -0.15) is 0 Å². The summed E-state index contributed by atoms with van der Waals surface area (Å²) in [4.78, 5) is 4.88. The standard InChI is InChI=1S/C17H27N3O2/c1-3-21-15-6-4-5-14-16(18)13(12-22-17(14)15)11-20-9-7-19(2)8-10-20/h4-6,13,16H,3,7-12,18H2,1-2H3. The molecular weight excluding hydrogens is 278 g/mol. The van der Waals surface area contributed by atoms with Crippen LogP contribution in [0.5, 0.6) is 11.5 Å². The first-order chi connectivity index (χ1) is 10.7. The SMILES string of the molecule is CCOc1cccc2c1OCC(CN1CCN(C)CC1)C2N. The maximum absolute atomic E-state index is 6.53. The van der Waals surface area contributed by atoms with E-state index in [-0.39, 0.29) is 6.04 Å². The Morgan fingerprint density at radius 2 is 2.05 bits per heavy atom. The molecule has 2 N–H and O–H groups in total. The van der Waals surface area contributed by atoms with Crippen LogP contribution in [0, 0.1) is 5.92 Å². The molecule has 2 atom stereocenters. The molecule has 2 heterocycles. The lowest BCUT2D eigenvalue weighted by molar-refractivity contribution is 0.0979. The maximum Gasteiger partial charge on any atom is 0.165 e. The molecule has 1 aromatic rings. The number of piperazine rings is 1. The first kappa shape index (κ1) is 15.6. The Hall–Kier alpha value is -1.30. The number of rotatable bonds is 4. The molecule has 0 spiro atoms. The van der Waals surface area contributed by atoms with Crippen molar-refractivity contribution in [2.75, 3.05) is 53.0 Å². The fraction of sp³-hybridized carbons (Fsp3) is 0.647. The van der Waals surface area contributed by atoms with Crippen molar-refractivity contribution in [3.8, 4) is 11.5 Å². The van der Waals surface area contributed by atoms with Crippen molar-refractivity contribution in [3.05, 3.63) is 23.8 Å². The smallest absolute Gasteiger partial charge is 0.165 e. The van der Waals surface area contributed by atoms with Gasteiger partial charge in [0, 0.05) is 50.2 Å².